The third kappa shape index (κ3) is 2.94. The van der Waals surface area contributed by atoms with Crippen molar-refractivity contribution in [3.05, 3.63) is 29.6 Å². The lowest BCUT2D eigenvalue weighted by Gasteiger charge is -2.23. The molecule has 17 heavy (non-hydrogen) atoms. The number of aromatic hydroxyl groups is 1. The van der Waals surface area contributed by atoms with E-state index >= 15 is 0 Å². The SMILES string of the molecule is CC(CC#N)N(C)C(=O)c1cc(F)ccc1O. The molecule has 0 saturated carbocycles. The van der Waals surface area contributed by atoms with E-state index in [0.717, 1.165) is 18.2 Å². The fourth-order valence-corrected chi connectivity index (χ4v) is 1.34. The highest BCUT2D eigenvalue weighted by Crippen LogP contribution is 2.20. The summed E-state index contributed by atoms with van der Waals surface area (Å²) >= 11 is 0. The summed E-state index contributed by atoms with van der Waals surface area (Å²) in [6, 6.07) is 4.84. The van der Waals surface area contributed by atoms with Crippen LogP contribution in [0.1, 0.15) is 23.7 Å². The maximum Gasteiger partial charge on any atom is 0.257 e. The number of amides is 1. The van der Waals surface area contributed by atoms with Crippen LogP contribution >= 0.6 is 0 Å². The van der Waals surface area contributed by atoms with Gasteiger partial charge in [-0.15, -0.1) is 0 Å². The molecule has 0 fully saturated rings. The van der Waals surface area contributed by atoms with Crippen LogP contribution in [0.25, 0.3) is 0 Å². The summed E-state index contributed by atoms with van der Waals surface area (Å²) in [6.45, 7) is 1.71. The number of benzene rings is 1. The summed E-state index contributed by atoms with van der Waals surface area (Å²) in [7, 11) is 1.51. The molecule has 0 aliphatic rings. The number of nitrogens with zero attached hydrogens (tertiary/aromatic N) is 2. The number of nitriles is 1. The van der Waals surface area contributed by atoms with Gasteiger partial charge in [-0.05, 0) is 25.1 Å². The molecule has 4 nitrogen and oxygen atoms in total. The molecule has 0 aliphatic carbocycles. The standard InChI is InChI=1S/C12H13FN2O2/c1-8(5-6-14)15(2)12(17)10-7-9(13)3-4-11(10)16/h3-4,7-8,16H,5H2,1-2H3. The van der Waals surface area contributed by atoms with Gasteiger partial charge in [-0.1, -0.05) is 0 Å². The van der Waals surface area contributed by atoms with Crippen molar-refractivity contribution in [2.24, 2.45) is 0 Å². The topological polar surface area (TPSA) is 64.3 Å². The van der Waals surface area contributed by atoms with E-state index in [1.165, 1.54) is 11.9 Å². The molecule has 0 aliphatic heterocycles. The van der Waals surface area contributed by atoms with Gasteiger partial charge in [0.15, 0.2) is 0 Å². The average molecular weight is 236 g/mol. The van der Waals surface area contributed by atoms with E-state index in [4.69, 9.17) is 5.26 Å². The second-order valence-corrected chi connectivity index (χ2v) is 3.79. The van der Waals surface area contributed by atoms with Gasteiger partial charge in [0, 0.05) is 13.1 Å². The van der Waals surface area contributed by atoms with Crippen molar-refractivity contribution in [3.8, 4) is 11.8 Å². The van der Waals surface area contributed by atoms with E-state index in [1.54, 1.807) is 6.92 Å². The normalized spacial score (nSPS) is 11.6. The summed E-state index contributed by atoms with van der Waals surface area (Å²) in [5, 5.41) is 18.0. The van der Waals surface area contributed by atoms with Gasteiger partial charge in [-0.3, -0.25) is 4.79 Å². The largest absolute Gasteiger partial charge is 0.507 e. The van der Waals surface area contributed by atoms with Crippen molar-refractivity contribution in [2.45, 2.75) is 19.4 Å². The molecule has 0 spiro atoms. The summed E-state index contributed by atoms with van der Waals surface area (Å²) in [5.74, 6) is -1.37. The summed E-state index contributed by atoms with van der Waals surface area (Å²) in [5.41, 5.74) is -0.0997. The highest BCUT2D eigenvalue weighted by atomic mass is 19.1. The van der Waals surface area contributed by atoms with Crippen LogP contribution in [-0.4, -0.2) is 29.0 Å². The lowest BCUT2D eigenvalue weighted by Crippen LogP contribution is -2.34. The number of hydrogen-bond donors (Lipinski definition) is 1. The fraction of sp³-hybridized carbons (Fsp3) is 0.333. The molecule has 5 heteroatoms. The van der Waals surface area contributed by atoms with Gasteiger partial charge in [0.05, 0.1) is 18.1 Å². The molecule has 1 aromatic rings. The molecule has 1 rings (SSSR count). The number of carbonyl (C=O) groups is 1. The quantitative estimate of drug-likeness (QED) is 0.871. The van der Waals surface area contributed by atoms with Gasteiger partial charge in [-0.25, -0.2) is 4.39 Å². The number of carbonyl (C=O) groups excluding carboxylic acids is 1. The number of phenols is 1. The maximum absolute atomic E-state index is 13.0. The van der Waals surface area contributed by atoms with Crippen molar-refractivity contribution in [2.75, 3.05) is 7.05 Å². The highest BCUT2D eigenvalue weighted by molar-refractivity contribution is 5.96. The lowest BCUT2D eigenvalue weighted by molar-refractivity contribution is 0.0742. The van der Waals surface area contributed by atoms with Crippen molar-refractivity contribution < 1.29 is 14.3 Å². The van der Waals surface area contributed by atoms with Gasteiger partial charge >= 0.3 is 0 Å². The molecular formula is C12H13FN2O2. The molecule has 0 heterocycles. The summed E-state index contributed by atoms with van der Waals surface area (Å²) in [4.78, 5) is 13.2. The van der Waals surface area contributed by atoms with E-state index in [9.17, 15) is 14.3 Å². The van der Waals surface area contributed by atoms with Crippen LogP contribution in [0.15, 0.2) is 18.2 Å². The molecular weight excluding hydrogens is 223 g/mol. The first-order valence-electron chi connectivity index (χ1n) is 5.10. The number of rotatable bonds is 3. The molecule has 0 radical (unpaired) electrons. The third-order valence-corrected chi connectivity index (χ3v) is 2.56. The van der Waals surface area contributed by atoms with Gasteiger partial charge in [0.2, 0.25) is 0 Å². The Morgan fingerprint density at radius 3 is 2.88 bits per heavy atom. The van der Waals surface area contributed by atoms with Crippen LogP contribution in [0, 0.1) is 17.1 Å². The predicted molar refractivity (Wildman–Crippen MR) is 59.9 cm³/mol. The van der Waals surface area contributed by atoms with E-state index in [2.05, 4.69) is 0 Å². The molecule has 0 saturated heterocycles. The first kappa shape index (κ1) is 13.0. The second-order valence-electron chi connectivity index (χ2n) is 3.79. The van der Waals surface area contributed by atoms with Crippen LogP contribution in [0.4, 0.5) is 4.39 Å². The Hall–Kier alpha value is -2.09. The van der Waals surface area contributed by atoms with Crippen LogP contribution < -0.4 is 0 Å². The fourth-order valence-electron chi connectivity index (χ4n) is 1.34. The van der Waals surface area contributed by atoms with Crippen molar-refractivity contribution in [3.63, 3.8) is 0 Å². The van der Waals surface area contributed by atoms with Crippen LogP contribution in [0.2, 0.25) is 0 Å². The van der Waals surface area contributed by atoms with E-state index in [-0.39, 0.29) is 23.8 Å². The molecule has 0 bridgehead atoms. The Morgan fingerprint density at radius 2 is 2.29 bits per heavy atom. The molecule has 1 unspecified atom stereocenters. The number of phenolic OH excluding ortho intramolecular Hbond substituents is 1. The Kier molecular flexibility index (Phi) is 4.05. The van der Waals surface area contributed by atoms with Crippen molar-refractivity contribution in [1.29, 1.82) is 5.26 Å². The minimum absolute atomic E-state index is 0.0997. The van der Waals surface area contributed by atoms with Crippen LogP contribution in [-0.2, 0) is 0 Å². The monoisotopic (exact) mass is 236 g/mol. The minimum Gasteiger partial charge on any atom is -0.507 e. The van der Waals surface area contributed by atoms with Crippen molar-refractivity contribution >= 4 is 5.91 Å². The summed E-state index contributed by atoms with van der Waals surface area (Å²) < 4.78 is 13.0. The lowest BCUT2D eigenvalue weighted by atomic mass is 10.1. The van der Waals surface area contributed by atoms with E-state index < -0.39 is 11.7 Å². The maximum atomic E-state index is 13.0. The predicted octanol–water partition coefficient (Wildman–Crippen LogP) is 1.91. The summed E-state index contributed by atoms with van der Waals surface area (Å²) in [6.07, 6.45) is 0.179. The van der Waals surface area contributed by atoms with E-state index in [0.29, 0.717) is 0 Å². The molecule has 1 amide bonds. The average Bonchev–Trinajstić information content (AvgIpc) is 2.30. The zero-order valence-electron chi connectivity index (χ0n) is 9.64. The van der Waals surface area contributed by atoms with Gasteiger partial charge in [0.25, 0.3) is 5.91 Å². The Balaban J connectivity index is 2.96. The first-order chi connectivity index (χ1) is 7.97. The van der Waals surface area contributed by atoms with E-state index in [1.807, 2.05) is 6.07 Å². The van der Waals surface area contributed by atoms with Gasteiger partial charge in [0.1, 0.15) is 11.6 Å². The molecule has 0 aromatic heterocycles. The smallest absolute Gasteiger partial charge is 0.257 e. The van der Waals surface area contributed by atoms with Crippen LogP contribution in [0.5, 0.6) is 5.75 Å². The van der Waals surface area contributed by atoms with Gasteiger partial charge in [-0.2, -0.15) is 5.26 Å². The molecule has 1 N–H and O–H groups in total. The first-order valence-corrected chi connectivity index (χ1v) is 5.10. The number of hydrogen-bond acceptors (Lipinski definition) is 3. The zero-order valence-corrected chi connectivity index (χ0v) is 9.64. The Bertz CT molecular complexity index is 468. The highest BCUT2D eigenvalue weighted by Gasteiger charge is 2.20. The van der Waals surface area contributed by atoms with Gasteiger partial charge < -0.3 is 10.0 Å². The third-order valence-electron chi connectivity index (χ3n) is 2.56. The molecule has 1 aromatic carbocycles. The molecule has 1 atom stereocenters. The van der Waals surface area contributed by atoms with Crippen LogP contribution in [0.3, 0.4) is 0 Å². The molecule has 90 valence electrons. The Labute approximate surface area is 98.9 Å². The van der Waals surface area contributed by atoms with Crippen molar-refractivity contribution in [1.82, 2.24) is 4.90 Å². The second kappa shape index (κ2) is 5.30. The number of halogens is 1. The Morgan fingerprint density at radius 1 is 1.65 bits per heavy atom. The zero-order chi connectivity index (χ0) is 13.0. The minimum atomic E-state index is -0.590.